The number of benzene rings is 6. The highest BCUT2D eigenvalue weighted by atomic mass is 15.0. The molecule has 0 saturated carbocycles. The molecular weight excluding hydrogens is 569 g/mol. The van der Waals surface area contributed by atoms with Gasteiger partial charge in [0.05, 0.1) is 16.6 Å². The molecule has 0 N–H and O–H groups in total. The summed E-state index contributed by atoms with van der Waals surface area (Å²) in [7, 11) is 0. The molecule has 8 aromatic rings. The van der Waals surface area contributed by atoms with Crippen LogP contribution in [-0.4, -0.2) is 9.38 Å². The lowest BCUT2D eigenvalue weighted by Gasteiger charge is -2.14. The molecule has 1 aliphatic carbocycles. The van der Waals surface area contributed by atoms with Gasteiger partial charge in [-0.2, -0.15) is 0 Å². The van der Waals surface area contributed by atoms with Gasteiger partial charge in [-0.15, -0.1) is 0 Å². The van der Waals surface area contributed by atoms with Gasteiger partial charge in [-0.3, -0.25) is 4.40 Å². The Bertz CT molecular complexity index is 2840. The summed E-state index contributed by atoms with van der Waals surface area (Å²) in [4.78, 5) is 5.14. The molecule has 2 aromatic heterocycles. The van der Waals surface area contributed by atoms with Gasteiger partial charge in [0, 0.05) is 16.2 Å². The number of imidazole rings is 1. The van der Waals surface area contributed by atoms with Crippen molar-refractivity contribution < 1.29 is 0 Å². The minimum absolute atomic E-state index is 0.942. The first-order valence-electron chi connectivity index (χ1n) is 15.8. The summed E-state index contributed by atoms with van der Waals surface area (Å²) in [6.07, 6.45) is 7.80. The monoisotopic (exact) mass is 598 g/mol. The van der Waals surface area contributed by atoms with Crippen LogP contribution in [0.1, 0.15) is 11.1 Å². The Labute approximate surface area is 272 Å². The van der Waals surface area contributed by atoms with Crippen LogP contribution in [0.2, 0.25) is 0 Å². The number of pyridine rings is 1. The fourth-order valence-corrected chi connectivity index (χ4v) is 7.71. The lowest BCUT2D eigenvalue weighted by Crippen LogP contribution is -2.23. The Balaban J connectivity index is 1.30. The van der Waals surface area contributed by atoms with E-state index in [1.54, 1.807) is 0 Å². The molecule has 0 bridgehead atoms. The number of nitrogens with zero attached hydrogens (tertiary/aromatic N) is 2. The number of aromatic nitrogens is 2. The second-order valence-electron chi connectivity index (χ2n) is 12.2. The minimum Gasteiger partial charge on any atom is -0.292 e. The van der Waals surface area contributed by atoms with Gasteiger partial charge in [0.2, 0.25) is 0 Å². The Morgan fingerprint density at radius 3 is 2.11 bits per heavy atom. The van der Waals surface area contributed by atoms with Gasteiger partial charge < -0.3 is 0 Å². The van der Waals surface area contributed by atoms with Gasteiger partial charge in [-0.1, -0.05) is 129 Å². The fraction of sp³-hybridized carbons (Fsp3) is 0. The molecule has 0 amide bonds. The highest BCUT2D eigenvalue weighted by molar-refractivity contribution is 6.20. The van der Waals surface area contributed by atoms with Crippen LogP contribution in [0.25, 0.3) is 95.2 Å². The summed E-state index contributed by atoms with van der Waals surface area (Å²) in [6.45, 7) is 16.6. The molecule has 0 radical (unpaired) electrons. The van der Waals surface area contributed by atoms with Crippen LogP contribution in [0.4, 0.5) is 0 Å². The van der Waals surface area contributed by atoms with Gasteiger partial charge in [0.15, 0.2) is 0 Å². The molecule has 0 aliphatic heterocycles. The Morgan fingerprint density at radius 1 is 0.553 bits per heavy atom. The molecule has 0 unspecified atom stereocenters. The lowest BCUT2D eigenvalue weighted by atomic mass is 9.92. The molecule has 0 fully saturated rings. The zero-order valence-corrected chi connectivity index (χ0v) is 25.9. The average Bonchev–Trinajstić information content (AvgIpc) is 3.66. The largest absolute Gasteiger partial charge is 0.292 e. The summed E-state index contributed by atoms with van der Waals surface area (Å²) >= 11 is 0. The predicted molar refractivity (Wildman–Crippen MR) is 203 cm³/mol. The quantitative estimate of drug-likeness (QED) is 0.180. The van der Waals surface area contributed by atoms with Crippen molar-refractivity contribution in [1.82, 2.24) is 9.38 Å². The van der Waals surface area contributed by atoms with E-state index in [0.29, 0.717) is 0 Å². The van der Waals surface area contributed by atoms with Crippen molar-refractivity contribution in [2.45, 2.75) is 0 Å². The molecule has 0 spiro atoms. The topological polar surface area (TPSA) is 17.3 Å². The average molecular weight is 599 g/mol. The van der Waals surface area contributed by atoms with E-state index in [1.807, 2.05) is 24.3 Å². The summed E-state index contributed by atoms with van der Waals surface area (Å²) in [5, 5.41) is 7.96. The summed E-state index contributed by atoms with van der Waals surface area (Å²) < 4.78 is 2.31. The number of rotatable bonds is 5. The maximum absolute atomic E-state index is 5.14. The number of hydrogen-bond acceptors (Lipinski definition) is 1. The van der Waals surface area contributed by atoms with E-state index in [0.717, 1.165) is 71.1 Å². The zero-order valence-electron chi connectivity index (χ0n) is 25.9. The van der Waals surface area contributed by atoms with E-state index in [9.17, 15) is 0 Å². The van der Waals surface area contributed by atoms with Crippen LogP contribution in [0.15, 0.2) is 147 Å². The van der Waals surface area contributed by atoms with Crippen LogP contribution in [0, 0.1) is 0 Å². The zero-order chi connectivity index (χ0) is 31.8. The van der Waals surface area contributed by atoms with E-state index in [1.165, 1.54) is 33.0 Å². The first kappa shape index (κ1) is 27.1. The van der Waals surface area contributed by atoms with Gasteiger partial charge in [0.1, 0.15) is 5.65 Å². The van der Waals surface area contributed by atoms with Crippen molar-refractivity contribution in [3.63, 3.8) is 0 Å². The smallest absolute Gasteiger partial charge is 0.146 e. The minimum atomic E-state index is 0.942. The van der Waals surface area contributed by atoms with Crippen LogP contribution in [0.3, 0.4) is 0 Å². The highest BCUT2D eigenvalue weighted by Crippen LogP contribution is 2.46. The normalized spacial score (nSPS) is 13.1. The Kier molecular flexibility index (Phi) is 5.84. The van der Waals surface area contributed by atoms with Crippen molar-refractivity contribution in [3.8, 4) is 22.3 Å². The van der Waals surface area contributed by atoms with Gasteiger partial charge >= 0.3 is 0 Å². The number of hydrogen-bond donors (Lipinski definition) is 0. The number of allylic oxidation sites excluding steroid dienone is 5. The van der Waals surface area contributed by atoms with Gasteiger partial charge in [-0.05, 0) is 96.1 Å². The number of para-hydroxylation sites is 2. The highest BCUT2D eigenvalue weighted by Gasteiger charge is 2.22. The van der Waals surface area contributed by atoms with Gasteiger partial charge in [0.25, 0.3) is 0 Å². The molecule has 2 nitrogen and oxygen atoms in total. The van der Waals surface area contributed by atoms with E-state index < -0.39 is 0 Å². The van der Waals surface area contributed by atoms with E-state index >= 15 is 0 Å². The first-order valence-corrected chi connectivity index (χ1v) is 15.8. The molecule has 0 saturated heterocycles. The van der Waals surface area contributed by atoms with E-state index in [-0.39, 0.29) is 0 Å². The fourth-order valence-electron chi connectivity index (χ4n) is 7.71. The molecule has 6 aromatic carbocycles. The second kappa shape index (κ2) is 10.1. The molecule has 47 heavy (non-hydrogen) atoms. The predicted octanol–water partition coefficient (Wildman–Crippen LogP) is 10.3. The lowest BCUT2D eigenvalue weighted by molar-refractivity contribution is 1.31. The first-order chi connectivity index (χ1) is 23.1. The molecule has 2 heteroatoms. The molecule has 9 rings (SSSR count). The second-order valence-corrected chi connectivity index (χ2v) is 12.2. The van der Waals surface area contributed by atoms with Crippen molar-refractivity contribution in [2.75, 3.05) is 0 Å². The molecular formula is C45H30N2. The summed E-state index contributed by atoms with van der Waals surface area (Å²) in [5.41, 5.74) is 13.5. The summed E-state index contributed by atoms with van der Waals surface area (Å²) in [6, 6.07) is 39.3. The van der Waals surface area contributed by atoms with E-state index in [2.05, 4.69) is 140 Å². The third-order valence-corrected chi connectivity index (χ3v) is 9.76. The third kappa shape index (κ3) is 3.76. The van der Waals surface area contributed by atoms with Crippen LogP contribution in [-0.2, 0) is 0 Å². The van der Waals surface area contributed by atoms with Crippen LogP contribution in [0.5, 0.6) is 0 Å². The molecule has 220 valence electrons. The molecule has 2 heterocycles. The van der Waals surface area contributed by atoms with Gasteiger partial charge in [-0.25, -0.2) is 4.98 Å². The number of fused-ring (bicyclic) bond motifs is 8. The van der Waals surface area contributed by atoms with Crippen LogP contribution < -0.4 is 10.4 Å². The third-order valence-electron chi connectivity index (χ3n) is 9.76. The maximum atomic E-state index is 5.14. The van der Waals surface area contributed by atoms with Crippen molar-refractivity contribution >= 4 is 72.9 Å². The van der Waals surface area contributed by atoms with E-state index in [4.69, 9.17) is 4.98 Å². The van der Waals surface area contributed by atoms with Crippen molar-refractivity contribution in [3.05, 3.63) is 169 Å². The van der Waals surface area contributed by atoms with Crippen LogP contribution >= 0.6 is 0 Å². The molecule has 0 atom stereocenters. The maximum Gasteiger partial charge on any atom is 0.146 e. The summed E-state index contributed by atoms with van der Waals surface area (Å²) in [5.74, 6) is 0. The standard InChI is InChI=1S/C45H30N2/c1-5-12-33-27(4)19-21-39-43(33)38-22-20-29(26-42(38)47-41-18-9-8-17-40(41)46-45(39)47)28-13-10-14-30(25-28)34-23-24-37-32(7-3)31(6-2)35-15-11-16-36(34)44(35)37/h5-26H,1-4H2/b33-12+. The Hall–Kier alpha value is -6.25. The molecule has 1 aliphatic rings. The van der Waals surface area contributed by atoms with Crippen molar-refractivity contribution in [2.24, 2.45) is 0 Å². The van der Waals surface area contributed by atoms with Crippen molar-refractivity contribution in [1.29, 1.82) is 0 Å². The Morgan fingerprint density at radius 2 is 1.28 bits per heavy atom. The SMILES string of the molecule is C=C/C=c1\c(=C)ccc2c1c1ccc(-c3cccc(-c4ccc5c6c(cccc46)C(C=C)=C5C=C)c3)cc1n1c3ccccc3nc21.